The van der Waals surface area contributed by atoms with E-state index in [1.807, 2.05) is 0 Å². The highest BCUT2D eigenvalue weighted by molar-refractivity contribution is 5.25. The largest absolute Gasteiger partial charge is 0.380 e. The Morgan fingerprint density at radius 2 is 1.34 bits per heavy atom. The van der Waals surface area contributed by atoms with Gasteiger partial charge in [-0.1, -0.05) is 123 Å². The summed E-state index contributed by atoms with van der Waals surface area (Å²) in [7, 11) is 4.28. The second-order valence-electron chi connectivity index (χ2n) is 18.5. The van der Waals surface area contributed by atoms with E-state index in [1.165, 1.54) is 148 Å². The van der Waals surface area contributed by atoms with Crippen molar-refractivity contribution in [1.82, 2.24) is 4.90 Å². The molecule has 0 aromatic rings. The SMILES string of the molecule is CCCCCCCOC[C@H](COCCCCCCCCO[C@H]1CC[C@@]2(C)C(=CC[C@H]3[C@@H]4CC[C@H]([C@H](C)CCCCC)[C@@]4(C)CC[C@@H]32)C1)N(C)C. The van der Waals surface area contributed by atoms with E-state index in [2.05, 4.69) is 59.7 Å². The molecule has 0 bridgehead atoms. The van der Waals surface area contributed by atoms with Gasteiger partial charge in [0.15, 0.2) is 0 Å². The quantitative estimate of drug-likeness (QED) is 0.0664. The third-order valence-corrected chi connectivity index (χ3v) is 14.9. The van der Waals surface area contributed by atoms with Gasteiger partial charge in [-0.2, -0.15) is 0 Å². The molecule has 9 atom stereocenters. The molecule has 0 heterocycles. The van der Waals surface area contributed by atoms with Crippen molar-refractivity contribution in [3.05, 3.63) is 11.6 Å². The van der Waals surface area contributed by atoms with Gasteiger partial charge in [0, 0.05) is 19.8 Å². The molecule has 3 fully saturated rings. The van der Waals surface area contributed by atoms with E-state index in [0.29, 0.717) is 23.0 Å². The fourth-order valence-corrected chi connectivity index (χ4v) is 11.5. The van der Waals surface area contributed by atoms with Gasteiger partial charge in [0.25, 0.3) is 0 Å². The van der Waals surface area contributed by atoms with Gasteiger partial charge in [0.1, 0.15) is 0 Å². The van der Waals surface area contributed by atoms with Crippen LogP contribution in [0.3, 0.4) is 0 Å². The number of hydrogen-bond acceptors (Lipinski definition) is 4. The lowest BCUT2D eigenvalue weighted by molar-refractivity contribution is -0.0641. The summed E-state index contributed by atoms with van der Waals surface area (Å²) in [6, 6.07) is 0.354. The molecule has 4 aliphatic rings. The highest BCUT2D eigenvalue weighted by atomic mass is 16.5. The maximum atomic E-state index is 6.56. The molecule has 0 aromatic heterocycles. The molecular formula is C46H85NO3. The van der Waals surface area contributed by atoms with Crippen LogP contribution in [-0.4, -0.2) is 64.2 Å². The number of likely N-dealkylation sites (N-methyl/N-ethyl adjacent to an activating group) is 1. The number of hydrogen-bond donors (Lipinski definition) is 0. The van der Waals surface area contributed by atoms with Crippen LogP contribution in [0, 0.1) is 40.4 Å². The Bertz CT molecular complexity index is 950. The summed E-state index contributed by atoms with van der Waals surface area (Å²) in [5.41, 5.74) is 2.82. The van der Waals surface area contributed by atoms with Crippen molar-refractivity contribution in [2.45, 2.75) is 194 Å². The molecule has 0 N–H and O–H groups in total. The minimum atomic E-state index is 0.354. The van der Waals surface area contributed by atoms with Gasteiger partial charge >= 0.3 is 0 Å². The molecule has 0 amide bonds. The van der Waals surface area contributed by atoms with Gasteiger partial charge < -0.3 is 19.1 Å². The zero-order valence-electron chi connectivity index (χ0n) is 34.6. The van der Waals surface area contributed by atoms with Gasteiger partial charge in [-0.25, -0.2) is 0 Å². The molecule has 292 valence electrons. The van der Waals surface area contributed by atoms with E-state index in [9.17, 15) is 0 Å². The minimum absolute atomic E-state index is 0.354. The summed E-state index contributed by atoms with van der Waals surface area (Å²) in [5.74, 6) is 4.69. The first-order chi connectivity index (χ1) is 24.2. The third kappa shape index (κ3) is 11.8. The van der Waals surface area contributed by atoms with Crippen LogP contribution in [-0.2, 0) is 14.2 Å². The van der Waals surface area contributed by atoms with Crippen LogP contribution in [0.1, 0.15) is 182 Å². The monoisotopic (exact) mass is 700 g/mol. The molecule has 4 heteroatoms. The van der Waals surface area contributed by atoms with Gasteiger partial charge in [-0.05, 0) is 125 Å². The van der Waals surface area contributed by atoms with Crippen molar-refractivity contribution in [1.29, 1.82) is 0 Å². The van der Waals surface area contributed by atoms with Crippen LogP contribution in [0.15, 0.2) is 11.6 Å². The van der Waals surface area contributed by atoms with E-state index in [4.69, 9.17) is 14.2 Å². The maximum Gasteiger partial charge on any atom is 0.0644 e. The summed E-state index contributed by atoms with van der Waals surface area (Å²) in [4.78, 5) is 2.25. The Morgan fingerprint density at radius 3 is 2.00 bits per heavy atom. The van der Waals surface area contributed by atoms with Crippen molar-refractivity contribution in [2.75, 3.05) is 47.1 Å². The van der Waals surface area contributed by atoms with Crippen molar-refractivity contribution >= 4 is 0 Å². The second-order valence-corrected chi connectivity index (χ2v) is 18.5. The van der Waals surface area contributed by atoms with Crippen molar-refractivity contribution in [3.63, 3.8) is 0 Å². The summed E-state index contributed by atoms with van der Waals surface area (Å²) < 4.78 is 18.6. The van der Waals surface area contributed by atoms with E-state index in [0.717, 1.165) is 62.6 Å². The number of fused-ring (bicyclic) bond motifs is 5. The Kier molecular flexibility index (Phi) is 18.7. The Balaban J connectivity index is 1.05. The zero-order chi connectivity index (χ0) is 35.8. The Morgan fingerprint density at radius 1 is 0.720 bits per heavy atom. The van der Waals surface area contributed by atoms with Crippen LogP contribution in [0.2, 0.25) is 0 Å². The normalized spacial score (nSPS) is 32.0. The lowest BCUT2D eigenvalue weighted by atomic mass is 9.47. The summed E-state index contributed by atoms with van der Waals surface area (Å²) in [6.07, 6.45) is 34.1. The van der Waals surface area contributed by atoms with Crippen LogP contribution < -0.4 is 0 Å². The number of rotatable bonds is 26. The van der Waals surface area contributed by atoms with Gasteiger partial charge in [0.05, 0.1) is 25.4 Å². The van der Waals surface area contributed by atoms with Crippen LogP contribution in [0.4, 0.5) is 0 Å². The Hall–Kier alpha value is -0.420. The molecule has 0 aromatic carbocycles. The van der Waals surface area contributed by atoms with E-state index < -0.39 is 0 Å². The molecular weight excluding hydrogens is 615 g/mol. The topological polar surface area (TPSA) is 30.9 Å². The predicted octanol–water partition coefficient (Wildman–Crippen LogP) is 12.4. The van der Waals surface area contributed by atoms with E-state index in [-0.39, 0.29) is 0 Å². The standard InChI is InChI=1S/C46H85NO3/c1-8-10-12-15-19-31-48-35-39(47(6)7)36-49-32-20-16-13-14-17-21-33-50-40-27-29-45(4)38(34-40)23-24-41-43-26-25-42(37(3)22-18-11-9-2)46(43,5)30-28-44(41)45/h23,37,39-44H,8-22,24-36H2,1-7H3/t37-,39-,40+,41+,42-,43+,44+,45+,46-/m1/s1. The molecule has 4 rings (SSSR count). The third-order valence-electron chi connectivity index (χ3n) is 14.9. The molecule has 0 saturated heterocycles. The van der Waals surface area contributed by atoms with Crippen LogP contribution in [0.5, 0.6) is 0 Å². The lowest BCUT2D eigenvalue weighted by Gasteiger charge is -2.58. The first-order valence-electron chi connectivity index (χ1n) is 22.4. The van der Waals surface area contributed by atoms with E-state index in [1.54, 1.807) is 5.57 Å². The summed E-state index contributed by atoms with van der Waals surface area (Å²) in [5, 5.41) is 0. The molecule has 0 aliphatic heterocycles. The van der Waals surface area contributed by atoms with E-state index >= 15 is 0 Å². The predicted molar refractivity (Wildman–Crippen MR) is 214 cm³/mol. The summed E-state index contributed by atoms with van der Waals surface area (Å²) in [6.45, 7) is 16.9. The van der Waals surface area contributed by atoms with Crippen molar-refractivity contribution in [2.24, 2.45) is 40.4 Å². The molecule has 0 radical (unpaired) electrons. The lowest BCUT2D eigenvalue weighted by Crippen LogP contribution is -2.51. The number of nitrogens with zero attached hydrogens (tertiary/aromatic N) is 1. The zero-order valence-corrected chi connectivity index (χ0v) is 34.6. The molecule has 50 heavy (non-hydrogen) atoms. The number of ether oxygens (including phenoxy) is 3. The fraction of sp³-hybridized carbons (Fsp3) is 0.957. The first kappa shape index (κ1) is 42.3. The first-order valence-corrected chi connectivity index (χ1v) is 22.4. The molecule has 3 saturated carbocycles. The highest BCUT2D eigenvalue weighted by Gasteiger charge is 2.59. The van der Waals surface area contributed by atoms with Crippen molar-refractivity contribution in [3.8, 4) is 0 Å². The van der Waals surface area contributed by atoms with Crippen LogP contribution >= 0.6 is 0 Å². The van der Waals surface area contributed by atoms with Gasteiger partial charge in [-0.3, -0.25) is 0 Å². The average Bonchev–Trinajstić information content (AvgIpc) is 3.46. The molecule has 4 nitrogen and oxygen atoms in total. The fourth-order valence-electron chi connectivity index (χ4n) is 11.5. The van der Waals surface area contributed by atoms with Gasteiger partial charge in [-0.15, -0.1) is 0 Å². The smallest absolute Gasteiger partial charge is 0.0644 e. The number of allylic oxidation sites excluding steroid dienone is 1. The molecule has 0 spiro atoms. The highest BCUT2D eigenvalue weighted by Crippen LogP contribution is 2.67. The average molecular weight is 700 g/mol. The number of unbranched alkanes of at least 4 members (excludes halogenated alkanes) is 11. The second kappa shape index (κ2) is 22.1. The van der Waals surface area contributed by atoms with Gasteiger partial charge in [0.2, 0.25) is 0 Å². The summed E-state index contributed by atoms with van der Waals surface area (Å²) >= 11 is 0. The van der Waals surface area contributed by atoms with Crippen molar-refractivity contribution < 1.29 is 14.2 Å². The minimum Gasteiger partial charge on any atom is -0.380 e. The Labute approximate surface area is 312 Å². The molecule has 0 unspecified atom stereocenters. The molecule has 4 aliphatic carbocycles. The van der Waals surface area contributed by atoms with Crippen LogP contribution in [0.25, 0.3) is 0 Å². The maximum absolute atomic E-state index is 6.56.